The Bertz CT molecular complexity index is 442. The van der Waals surface area contributed by atoms with E-state index in [0.29, 0.717) is 25.3 Å². The Balaban J connectivity index is 2.21. The minimum Gasteiger partial charge on any atom is -0.492 e. The molecule has 0 fully saturated rings. The summed E-state index contributed by atoms with van der Waals surface area (Å²) in [6.45, 7) is 0.621. The van der Waals surface area contributed by atoms with Crippen molar-refractivity contribution >= 4 is 23.8 Å². The molecule has 0 heterocycles. The molecule has 0 saturated carbocycles. The van der Waals surface area contributed by atoms with Crippen molar-refractivity contribution < 1.29 is 19.4 Å². The second-order valence-corrected chi connectivity index (χ2v) is 5.22. The molecule has 0 aliphatic rings. The van der Waals surface area contributed by atoms with E-state index in [0.717, 1.165) is 5.75 Å². The van der Waals surface area contributed by atoms with Crippen molar-refractivity contribution in [1.82, 2.24) is 10.6 Å². The summed E-state index contributed by atoms with van der Waals surface area (Å²) in [4.78, 5) is 22.6. The van der Waals surface area contributed by atoms with E-state index in [1.165, 1.54) is 11.8 Å². The quantitative estimate of drug-likeness (QED) is 0.603. The number of benzene rings is 1. The molecule has 7 heteroatoms. The molecule has 0 bridgehead atoms. The summed E-state index contributed by atoms with van der Waals surface area (Å²) in [6, 6.07) is 7.88. The van der Waals surface area contributed by atoms with Gasteiger partial charge < -0.3 is 20.5 Å². The molecular formula is C14H20N2O4S. The highest BCUT2D eigenvalue weighted by Gasteiger charge is 2.18. The Labute approximate surface area is 128 Å². The number of carboxylic acid groups (broad SMARTS) is 1. The molecule has 6 nitrogen and oxygen atoms in total. The van der Waals surface area contributed by atoms with E-state index in [4.69, 9.17) is 9.84 Å². The number of hydrogen-bond acceptors (Lipinski definition) is 4. The summed E-state index contributed by atoms with van der Waals surface area (Å²) in [5.74, 6) is 0.372. The summed E-state index contributed by atoms with van der Waals surface area (Å²) in [7, 11) is 0. The molecule has 0 aliphatic heterocycles. The van der Waals surface area contributed by atoms with E-state index >= 15 is 0 Å². The van der Waals surface area contributed by atoms with Crippen molar-refractivity contribution in [1.29, 1.82) is 0 Å². The lowest BCUT2D eigenvalue weighted by Crippen LogP contribution is -2.47. The van der Waals surface area contributed by atoms with E-state index in [-0.39, 0.29) is 0 Å². The molecule has 116 valence electrons. The van der Waals surface area contributed by atoms with Gasteiger partial charge in [-0.2, -0.15) is 11.8 Å². The monoisotopic (exact) mass is 312 g/mol. The number of para-hydroxylation sites is 1. The van der Waals surface area contributed by atoms with Gasteiger partial charge in [-0.05, 0) is 30.6 Å². The van der Waals surface area contributed by atoms with Crippen molar-refractivity contribution in [2.24, 2.45) is 0 Å². The van der Waals surface area contributed by atoms with Crippen LogP contribution in [-0.2, 0) is 4.79 Å². The number of amides is 2. The molecule has 21 heavy (non-hydrogen) atoms. The molecule has 1 atom stereocenters. The molecule has 1 aromatic rings. The predicted molar refractivity (Wildman–Crippen MR) is 82.9 cm³/mol. The number of hydrogen-bond donors (Lipinski definition) is 3. The summed E-state index contributed by atoms with van der Waals surface area (Å²) >= 11 is 1.54. The van der Waals surface area contributed by atoms with Crippen molar-refractivity contribution in [2.45, 2.75) is 12.5 Å². The van der Waals surface area contributed by atoms with Crippen molar-refractivity contribution in [3.63, 3.8) is 0 Å². The first-order valence-electron chi connectivity index (χ1n) is 6.57. The molecule has 1 aromatic carbocycles. The van der Waals surface area contributed by atoms with Crippen LogP contribution in [0.5, 0.6) is 5.75 Å². The minimum atomic E-state index is -1.03. The van der Waals surface area contributed by atoms with Gasteiger partial charge in [0.15, 0.2) is 0 Å². The van der Waals surface area contributed by atoms with Crippen LogP contribution >= 0.6 is 11.8 Å². The van der Waals surface area contributed by atoms with Gasteiger partial charge in [-0.3, -0.25) is 0 Å². The molecule has 2 amide bonds. The van der Waals surface area contributed by atoms with Crippen LogP contribution in [0.15, 0.2) is 30.3 Å². The topological polar surface area (TPSA) is 87.7 Å². The van der Waals surface area contributed by atoms with Crippen LogP contribution in [-0.4, -0.2) is 48.3 Å². The van der Waals surface area contributed by atoms with Crippen LogP contribution < -0.4 is 15.4 Å². The number of aliphatic carboxylic acids is 1. The molecule has 0 saturated heterocycles. The average molecular weight is 312 g/mol. The predicted octanol–water partition coefficient (Wildman–Crippen LogP) is 1.57. The number of urea groups is 1. The van der Waals surface area contributed by atoms with E-state index in [2.05, 4.69) is 10.6 Å². The Morgan fingerprint density at radius 2 is 2.05 bits per heavy atom. The molecule has 0 aromatic heterocycles. The van der Waals surface area contributed by atoms with Crippen molar-refractivity contribution in [3.05, 3.63) is 30.3 Å². The van der Waals surface area contributed by atoms with E-state index in [1.54, 1.807) is 0 Å². The Morgan fingerprint density at radius 1 is 1.33 bits per heavy atom. The molecular weight excluding hydrogens is 292 g/mol. The molecule has 0 unspecified atom stereocenters. The van der Waals surface area contributed by atoms with Crippen LogP contribution in [0.4, 0.5) is 4.79 Å². The third kappa shape index (κ3) is 7.45. The van der Waals surface area contributed by atoms with Gasteiger partial charge in [0.25, 0.3) is 0 Å². The minimum absolute atomic E-state index is 0.301. The fraction of sp³-hybridized carbons (Fsp3) is 0.429. The van der Waals surface area contributed by atoms with E-state index < -0.39 is 18.0 Å². The first kappa shape index (κ1) is 17.2. The van der Waals surface area contributed by atoms with Gasteiger partial charge in [0, 0.05) is 0 Å². The highest BCUT2D eigenvalue weighted by Crippen LogP contribution is 2.07. The first-order valence-corrected chi connectivity index (χ1v) is 7.97. The highest BCUT2D eigenvalue weighted by molar-refractivity contribution is 7.98. The zero-order valence-corrected chi connectivity index (χ0v) is 12.7. The number of carbonyl (C=O) groups is 2. The fourth-order valence-corrected chi connectivity index (χ4v) is 2.02. The third-order valence-corrected chi connectivity index (χ3v) is 3.26. The highest BCUT2D eigenvalue weighted by atomic mass is 32.2. The van der Waals surface area contributed by atoms with Crippen LogP contribution in [0.25, 0.3) is 0 Å². The summed E-state index contributed by atoms with van der Waals surface area (Å²) in [5, 5.41) is 14.0. The maximum Gasteiger partial charge on any atom is 0.326 e. The number of rotatable bonds is 9. The smallest absolute Gasteiger partial charge is 0.326 e. The van der Waals surface area contributed by atoms with Crippen LogP contribution in [0.2, 0.25) is 0 Å². The molecule has 0 radical (unpaired) electrons. The largest absolute Gasteiger partial charge is 0.492 e. The van der Waals surface area contributed by atoms with Crippen LogP contribution in [0, 0.1) is 0 Å². The van der Waals surface area contributed by atoms with Gasteiger partial charge >= 0.3 is 12.0 Å². The zero-order valence-electron chi connectivity index (χ0n) is 11.9. The van der Waals surface area contributed by atoms with Crippen LogP contribution in [0.1, 0.15) is 6.42 Å². The lowest BCUT2D eigenvalue weighted by Gasteiger charge is -2.14. The van der Waals surface area contributed by atoms with E-state index in [9.17, 15) is 9.59 Å². The molecule has 3 N–H and O–H groups in total. The number of carboxylic acids is 1. The number of ether oxygens (including phenoxy) is 1. The van der Waals surface area contributed by atoms with Crippen LogP contribution in [0.3, 0.4) is 0 Å². The molecule has 0 spiro atoms. The maximum atomic E-state index is 11.6. The standard InChI is InChI=1S/C14H20N2O4S/c1-21-10-7-12(13(17)18)16-14(19)15-8-9-20-11-5-3-2-4-6-11/h2-6,12H,7-10H2,1H3,(H,17,18)(H2,15,16,19)/t12-/m1/s1. The van der Waals surface area contributed by atoms with Gasteiger partial charge in [-0.1, -0.05) is 18.2 Å². The summed E-state index contributed by atoms with van der Waals surface area (Å²) in [6.07, 6.45) is 2.28. The van der Waals surface area contributed by atoms with Gasteiger partial charge in [-0.25, -0.2) is 9.59 Å². The lowest BCUT2D eigenvalue weighted by atomic mass is 10.2. The van der Waals surface area contributed by atoms with Gasteiger partial charge in [-0.15, -0.1) is 0 Å². The van der Waals surface area contributed by atoms with Gasteiger partial charge in [0.05, 0.1) is 6.54 Å². The van der Waals surface area contributed by atoms with Gasteiger partial charge in [0.1, 0.15) is 18.4 Å². The fourth-order valence-electron chi connectivity index (χ4n) is 1.55. The average Bonchev–Trinajstić information content (AvgIpc) is 2.48. The second-order valence-electron chi connectivity index (χ2n) is 4.23. The Morgan fingerprint density at radius 3 is 2.67 bits per heavy atom. The normalized spacial score (nSPS) is 11.5. The third-order valence-electron chi connectivity index (χ3n) is 2.61. The van der Waals surface area contributed by atoms with E-state index in [1.807, 2.05) is 36.6 Å². The Hall–Kier alpha value is -1.89. The molecule has 0 aliphatic carbocycles. The number of thioether (sulfide) groups is 1. The Kier molecular flexibility index (Phi) is 8.11. The zero-order chi connectivity index (χ0) is 15.5. The summed E-state index contributed by atoms with van der Waals surface area (Å²) < 4.78 is 5.41. The maximum absolute atomic E-state index is 11.6. The molecule has 1 rings (SSSR count). The lowest BCUT2D eigenvalue weighted by molar-refractivity contribution is -0.139. The van der Waals surface area contributed by atoms with Crippen molar-refractivity contribution in [3.8, 4) is 5.75 Å². The van der Waals surface area contributed by atoms with Gasteiger partial charge in [0.2, 0.25) is 0 Å². The SMILES string of the molecule is CSCC[C@@H](NC(=O)NCCOc1ccccc1)C(=O)O. The number of nitrogens with one attached hydrogen (secondary N) is 2. The first-order chi connectivity index (χ1) is 10.1. The number of carbonyl (C=O) groups excluding carboxylic acids is 1. The summed E-state index contributed by atoms with van der Waals surface area (Å²) in [5.41, 5.74) is 0. The second kappa shape index (κ2) is 9.93. The van der Waals surface area contributed by atoms with Crippen molar-refractivity contribution in [2.75, 3.05) is 25.2 Å².